The zero-order valence-corrected chi connectivity index (χ0v) is 18.8. The average molecular weight is 434 g/mol. The summed E-state index contributed by atoms with van der Waals surface area (Å²) in [5, 5.41) is 15.5. The smallest absolute Gasteiger partial charge is 0.248 e. The maximum absolute atomic E-state index is 12.8. The number of likely N-dealkylation sites (N-methyl/N-ethyl adjacent to an activating group) is 1. The molecule has 6 nitrogen and oxygen atoms in total. The molecule has 6 heteroatoms. The first kappa shape index (κ1) is 23.3. The van der Waals surface area contributed by atoms with Crippen LogP contribution in [0.2, 0.25) is 0 Å². The normalized spacial score (nSPS) is 19.0. The van der Waals surface area contributed by atoms with Gasteiger partial charge < -0.3 is 20.6 Å². The number of amides is 2. The Hall–Kier alpha value is -3.38. The van der Waals surface area contributed by atoms with E-state index >= 15 is 0 Å². The van der Waals surface area contributed by atoms with E-state index in [4.69, 9.17) is 0 Å². The van der Waals surface area contributed by atoms with Gasteiger partial charge in [-0.15, -0.1) is 0 Å². The first-order valence-corrected chi connectivity index (χ1v) is 10.9. The predicted octanol–water partition coefficient (Wildman–Crippen LogP) is 3.39. The van der Waals surface area contributed by atoms with Crippen molar-refractivity contribution in [2.75, 3.05) is 23.9 Å². The van der Waals surface area contributed by atoms with E-state index in [1.54, 1.807) is 6.08 Å². The number of aliphatic hydroxyl groups excluding tert-OH is 1. The van der Waals surface area contributed by atoms with E-state index in [-0.39, 0.29) is 36.4 Å². The fourth-order valence-corrected chi connectivity index (χ4v) is 3.99. The van der Waals surface area contributed by atoms with Gasteiger partial charge in [0, 0.05) is 24.5 Å². The largest absolute Gasteiger partial charge is 0.394 e. The summed E-state index contributed by atoms with van der Waals surface area (Å²) in [7, 11) is 1.89. The molecule has 2 amide bonds. The number of nitrogens with zero attached hydrogens (tertiary/aromatic N) is 1. The number of hydrogen-bond donors (Lipinski definition) is 3. The Balaban J connectivity index is 1.77. The van der Waals surface area contributed by atoms with Gasteiger partial charge in [0.25, 0.3) is 0 Å². The summed E-state index contributed by atoms with van der Waals surface area (Å²) >= 11 is 0. The van der Waals surface area contributed by atoms with Crippen molar-refractivity contribution in [1.82, 2.24) is 5.32 Å². The quantitative estimate of drug-likeness (QED) is 0.482. The van der Waals surface area contributed by atoms with Crippen molar-refractivity contribution >= 4 is 29.3 Å². The fraction of sp³-hybridized carbons (Fsp3) is 0.308. The van der Waals surface area contributed by atoms with Crippen molar-refractivity contribution in [3.8, 4) is 0 Å². The molecular formula is C26H31N3O3. The van der Waals surface area contributed by atoms with Crippen LogP contribution in [0, 0.1) is 5.92 Å². The van der Waals surface area contributed by atoms with Gasteiger partial charge in [-0.1, -0.05) is 68.5 Å². The molecule has 0 spiro atoms. The molecule has 2 atom stereocenters. The summed E-state index contributed by atoms with van der Waals surface area (Å²) in [5.74, 6) is -0.264. The molecule has 3 N–H and O–H groups in total. The Morgan fingerprint density at radius 2 is 1.97 bits per heavy atom. The summed E-state index contributed by atoms with van der Waals surface area (Å²) < 4.78 is 0. The zero-order chi connectivity index (χ0) is 23.1. The molecule has 0 aromatic heterocycles. The third-order valence-electron chi connectivity index (χ3n) is 5.53. The van der Waals surface area contributed by atoms with E-state index in [0.717, 1.165) is 16.8 Å². The van der Waals surface area contributed by atoms with Gasteiger partial charge in [-0.05, 0) is 35.6 Å². The summed E-state index contributed by atoms with van der Waals surface area (Å²) in [4.78, 5) is 27.1. The number of allylic oxidation sites excluding steroid dienone is 2. The van der Waals surface area contributed by atoms with Crippen LogP contribution in [0.5, 0.6) is 0 Å². The van der Waals surface area contributed by atoms with Crippen LogP contribution < -0.4 is 15.5 Å². The van der Waals surface area contributed by atoms with Crippen molar-refractivity contribution in [1.29, 1.82) is 0 Å². The minimum Gasteiger partial charge on any atom is -0.394 e. The topological polar surface area (TPSA) is 81.7 Å². The van der Waals surface area contributed by atoms with Crippen LogP contribution in [0.25, 0.3) is 6.08 Å². The molecule has 0 unspecified atom stereocenters. The Morgan fingerprint density at radius 1 is 1.22 bits per heavy atom. The second-order valence-electron chi connectivity index (χ2n) is 8.35. The molecule has 0 aliphatic carbocycles. The molecule has 2 aromatic rings. The number of rotatable bonds is 6. The Labute approximate surface area is 189 Å². The van der Waals surface area contributed by atoms with Gasteiger partial charge in [-0.2, -0.15) is 0 Å². The van der Waals surface area contributed by atoms with Crippen molar-refractivity contribution < 1.29 is 14.7 Å². The number of carbonyl (C=O) groups is 2. The predicted molar refractivity (Wildman–Crippen MR) is 129 cm³/mol. The summed E-state index contributed by atoms with van der Waals surface area (Å²) in [6, 6.07) is 14.8. The maximum atomic E-state index is 12.8. The molecular weight excluding hydrogens is 402 g/mol. The highest BCUT2D eigenvalue weighted by molar-refractivity contribution is 6.00. The van der Waals surface area contributed by atoms with Gasteiger partial charge in [-0.3, -0.25) is 9.59 Å². The Bertz CT molecular complexity index is 999. The maximum Gasteiger partial charge on any atom is 0.248 e. The van der Waals surface area contributed by atoms with Crippen LogP contribution in [0.1, 0.15) is 25.0 Å². The number of anilines is 2. The summed E-state index contributed by atoms with van der Waals surface area (Å²) in [6.07, 6.45) is 7.45. The third kappa shape index (κ3) is 5.86. The van der Waals surface area contributed by atoms with Gasteiger partial charge in [0.05, 0.1) is 12.6 Å². The molecule has 3 rings (SSSR count). The molecule has 0 saturated heterocycles. The molecule has 1 aliphatic rings. The Kier molecular flexibility index (Phi) is 7.84. The van der Waals surface area contributed by atoms with E-state index in [1.165, 1.54) is 6.08 Å². The van der Waals surface area contributed by atoms with Gasteiger partial charge >= 0.3 is 0 Å². The van der Waals surface area contributed by atoms with Crippen molar-refractivity contribution in [3.63, 3.8) is 0 Å². The average Bonchev–Trinajstić information content (AvgIpc) is 2.76. The van der Waals surface area contributed by atoms with Gasteiger partial charge in [0.1, 0.15) is 6.04 Å². The number of hydrogen-bond acceptors (Lipinski definition) is 4. The van der Waals surface area contributed by atoms with Crippen molar-refractivity contribution in [2.45, 2.75) is 32.4 Å². The van der Waals surface area contributed by atoms with Gasteiger partial charge in [-0.25, -0.2) is 0 Å². The number of fused-ring (bicyclic) bond motifs is 1. The molecule has 0 radical (unpaired) electrons. The number of aliphatic hydroxyl groups is 1. The van der Waals surface area contributed by atoms with Gasteiger partial charge in [0.15, 0.2) is 0 Å². The lowest BCUT2D eigenvalue weighted by Crippen LogP contribution is -2.54. The molecule has 32 heavy (non-hydrogen) atoms. The first-order chi connectivity index (χ1) is 15.4. The minimum atomic E-state index is -0.378. The van der Waals surface area contributed by atoms with E-state index in [9.17, 15) is 14.7 Å². The van der Waals surface area contributed by atoms with E-state index in [1.807, 2.05) is 86.5 Å². The second-order valence-corrected chi connectivity index (χ2v) is 8.35. The molecule has 2 aromatic carbocycles. The third-order valence-corrected chi connectivity index (χ3v) is 5.53. The van der Waals surface area contributed by atoms with Crippen LogP contribution in [0.15, 0.2) is 66.8 Å². The summed E-state index contributed by atoms with van der Waals surface area (Å²) in [6.45, 7) is 3.87. The second kappa shape index (κ2) is 10.8. The molecule has 0 bridgehead atoms. The van der Waals surface area contributed by atoms with Crippen LogP contribution in [-0.2, 0) is 16.0 Å². The highest BCUT2D eigenvalue weighted by Gasteiger charge is 2.32. The molecule has 1 heterocycles. The van der Waals surface area contributed by atoms with E-state index in [2.05, 4.69) is 10.6 Å². The van der Waals surface area contributed by atoms with Crippen molar-refractivity contribution in [2.24, 2.45) is 5.92 Å². The number of nitrogens with one attached hydrogen (secondary N) is 2. The highest BCUT2D eigenvalue weighted by Crippen LogP contribution is 2.30. The van der Waals surface area contributed by atoms with E-state index < -0.39 is 0 Å². The highest BCUT2D eigenvalue weighted by atomic mass is 16.3. The van der Waals surface area contributed by atoms with Crippen LogP contribution in [0.3, 0.4) is 0 Å². The zero-order valence-electron chi connectivity index (χ0n) is 18.8. The van der Waals surface area contributed by atoms with Crippen molar-refractivity contribution in [3.05, 3.63) is 77.9 Å². The fourth-order valence-electron chi connectivity index (χ4n) is 3.99. The molecule has 0 saturated carbocycles. The lowest BCUT2D eigenvalue weighted by molar-refractivity contribution is -0.124. The van der Waals surface area contributed by atoms with Gasteiger partial charge in [0.2, 0.25) is 11.8 Å². The molecule has 0 fully saturated rings. The minimum absolute atomic E-state index is 0.0721. The monoisotopic (exact) mass is 433 g/mol. The lowest BCUT2D eigenvalue weighted by atomic mass is 9.95. The first-order valence-electron chi connectivity index (χ1n) is 10.9. The molecule has 1 aliphatic heterocycles. The Morgan fingerprint density at radius 3 is 2.66 bits per heavy atom. The molecule has 168 valence electrons. The summed E-state index contributed by atoms with van der Waals surface area (Å²) in [5.41, 5.74) is 3.60. The van der Waals surface area contributed by atoms with Crippen LogP contribution in [0.4, 0.5) is 11.4 Å². The van der Waals surface area contributed by atoms with E-state index in [0.29, 0.717) is 12.1 Å². The number of benzene rings is 2. The van der Waals surface area contributed by atoms with Crippen LogP contribution in [-0.4, -0.2) is 42.7 Å². The lowest BCUT2D eigenvalue weighted by Gasteiger charge is -2.37. The standard InChI is InChI=1S/C26H31N3O3/c1-18(2)25-26(32)28-22(17-30)15-20-13-14-21(16-23(20)29(25)3)27-24(31)12-8-7-11-19-9-5-4-6-10-19/h4-14,16,18,22,25,30H,15,17H2,1-3H3,(H,27,31)(H,28,32)/b11-7+,12-8+/t22-,25-/m0/s1. The van der Waals surface area contributed by atoms with Crippen LogP contribution >= 0.6 is 0 Å². The number of carbonyl (C=O) groups excluding carboxylic acids is 2. The SMILES string of the molecule is CC(C)[C@H]1C(=O)N[C@H](CO)Cc2ccc(NC(=O)/C=C/C=C/c3ccccc3)cc2N1C.